The predicted octanol–water partition coefficient (Wildman–Crippen LogP) is 3.39. The summed E-state index contributed by atoms with van der Waals surface area (Å²) < 4.78 is 25.6. The molecule has 2 aromatic rings. The predicted molar refractivity (Wildman–Crippen MR) is 105 cm³/mol. The van der Waals surface area contributed by atoms with Crippen molar-refractivity contribution in [3.05, 3.63) is 65.7 Å². The molecule has 0 aliphatic carbocycles. The Morgan fingerprint density at radius 2 is 1.78 bits per heavy atom. The highest BCUT2D eigenvalue weighted by atomic mass is 32.2. The van der Waals surface area contributed by atoms with Gasteiger partial charge in [-0.3, -0.25) is 9.63 Å². The van der Waals surface area contributed by atoms with Crippen molar-refractivity contribution in [2.45, 2.75) is 31.2 Å². The molecule has 0 aliphatic rings. The summed E-state index contributed by atoms with van der Waals surface area (Å²) in [4.78, 5) is 17.6. The van der Waals surface area contributed by atoms with E-state index < -0.39 is 10.0 Å². The lowest BCUT2D eigenvalue weighted by atomic mass is 9.96. The number of nitrogens with zero attached hydrogens (tertiary/aromatic N) is 1. The molecule has 2 rings (SSSR count). The lowest BCUT2D eigenvalue weighted by molar-refractivity contribution is -0.0258. The van der Waals surface area contributed by atoms with E-state index in [2.05, 4.69) is 19.2 Å². The maximum absolute atomic E-state index is 12.8. The molecule has 0 radical (unpaired) electrons. The van der Waals surface area contributed by atoms with Crippen LogP contribution in [0.1, 0.15) is 42.2 Å². The zero-order valence-electron chi connectivity index (χ0n) is 16.0. The summed E-state index contributed by atoms with van der Waals surface area (Å²) in [5, 5.41) is 3.02. The summed E-state index contributed by atoms with van der Waals surface area (Å²) >= 11 is 0. The number of carbonyl (C=O) groups excluding carboxylic acids is 1. The molecule has 0 heterocycles. The van der Waals surface area contributed by atoms with Crippen LogP contribution >= 0.6 is 0 Å². The standard InChI is InChI=1S/C20H26N2O4S/c1-15(2)13-19(16-9-6-5-7-10-16)21-20(23)17-11-8-12-18(14-17)27(24,25)22(3)26-4/h5-12,14-15,19H,13H2,1-4H3,(H,21,23). The van der Waals surface area contributed by atoms with Gasteiger partial charge in [-0.2, -0.15) is 0 Å². The SMILES string of the molecule is CON(C)S(=O)(=O)c1cccc(C(=O)NC(CC(C)C)c2ccccc2)c1. The van der Waals surface area contributed by atoms with Crippen LogP contribution in [-0.4, -0.2) is 33.0 Å². The first-order chi connectivity index (χ1) is 12.8. The van der Waals surface area contributed by atoms with Crippen molar-refractivity contribution < 1.29 is 18.0 Å². The first-order valence-corrected chi connectivity index (χ1v) is 10.2. The van der Waals surface area contributed by atoms with Crippen LogP contribution < -0.4 is 5.32 Å². The van der Waals surface area contributed by atoms with E-state index in [9.17, 15) is 13.2 Å². The number of hydrogen-bond acceptors (Lipinski definition) is 4. The molecule has 0 bridgehead atoms. The minimum atomic E-state index is -3.81. The molecule has 7 heteroatoms. The molecule has 1 unspecified atom stereocenters. The summed E-state index contributed by atoms with van der Waals surface area (Å²) in [6, 6.07) is 15.5. The molecule has 2 aromatic carbocycles. The largest absolute Gasteiger partial charge is 0.345 e. The molecule has 1 amide bonds. The molecule has 0 spiro atoms. The smallest absolute Gasteiger partial charge is 0.264 e. The van der Waals surface area contributed by atoms with Crippen LogP contribution in [0.4, 0.5) is 0 Å². The normalized spacial score (nSPS) is 13.0. The highest BCUT2D eigenvalue weighted by Gasteiger charge is 2.23. The van der Waals surface area contributed by atoms with Gasteiger partial charge in [0.05, 0.1) is 18.0 Å². The number of amides is 1. The molecule has 6 nitrogen and oxygen atoms in total. The fourth-order valence-electron chi connectivity index (χ4n) is 2.72. The Labute approximate surface area is 161 Å². The highest BCUT2D eigenvalue weighted by Crippen LogP contribution is 2.22. The Hall–Kier alpha value is -2.22. The topological polar surface area (TPSA) is 75.7 Å². The number of sulfonamides is 1. The Bertz CT molecular complexity index is 867. The van der Waals surface area contributed by atoms with Crippen LogP contribution in [-0.2, 0) is 14.9 Å². The van der Waals surface area contributed by atoms with Crippen LogP contribution in [0.15, 0.2) is 59.5 Å². The van der Waals surface area contributed by atoms with Crippen molar-refractivity contribution >= 4 is 15.9 Å². The second kappa shape index (κ2) is 9.12. The van der Waals surface area contributed by atoms with Gasteiger partial charge in [0.1, 0.15) is 0 Å². The van der Waals surface area contributed by atoms with E-state index in [1.54, 1.807) is 12.1 Å². The minimum absolute atomic E-state index is 0.000351. The lowest BCUT2D eigenvalue weighted by Gasteiger charge is -2.21. The summed E-state index contributed by atoms with van der Waals surface area (Å²) in [7, 11) is -1.24. The highest BCUT2D eigenvalue weighted by molar-refractivity contribution is 7.89. The van der Waals surface area contributed by atoms with Crippen LogP contribution in [0.3, 0.4) is 0 Å². The van der Waals surface area contributed by atoms with Crippen molar-refractivity contribution in [2.24, 2.45) is 5.92 Å². The van der Waals surface area contributed by atoms with Crippen molar-refractivity contribution in [3.63, 3.8) is 0 Å². The number of nitrogens with one attached hydrogen (secondary N) is 1. The van der Waals surface area contributed by atoms with Crippen LogP contribution in [0, 0.1) is 5.92 Å². The van der Waals surface area contributed by atoms with Gasteiger partial charge in [-0.1, -0.05) is 54.7 Å². The van der Waals surface area contributed by atoms with Gasteiger partial charge >= 0.3 is 0 Å². The maximum Gasteiger partial charge on any atom is 0.264 e. The zero-order chi connectivity index (χ0) is 20.0. The third-order valence-electron chi connectivity index (χ3n) is 4.20. The fourth-order valence-corrected chi connectivity index (χ4v) is 3.74. The summed E-state index contributed by atoms with van der Waals surface area (Å²) in [5.74, 6) is 0.0687. The summed E-state index contributed by atoms with van der Waals surface area (Å²) in [6.07, 6.45) is 0.778. The quantitative estimate of drug-likeness (QED) is 0.701. The van der Waals surface area contributed by atoms with E-state index in [0.29, 0.717) is 5.92 Å². The van der Waals surface area contributed by atoms with E-state index in [0.717, 1.165) is 16.5 Å². The zero-order valence-corrected chi connectivity index (χ0v) is 16.9. The molecule has 0 saturated carbocycles. The Kier molecular flexibility index (Phi) is 7.12. The Morgan fingerprint density at radius 1 is 1.11 bits per heavy atom. The Morgan fingerprint density at radius 3 is 2.37 bits per heavy atom. The second-order valence-corrected chi connectivity index (χ2v) is 8.63. The van der Waals surface area contributed by atoms with Gasteiger partial charge in [-0.05, 0) is 36.1 Å². The van der Waals surface area contributed by atoms with Crippen LogP contribution in [0.2, 0.25) is 0 Å². The van der Waals surface area contributed by atoms with Gasteiger partial charge in [-0.25, -0.2) is 8.42 Å². The minimum Gasteiger partial charge on any atom is -0.345 e. The van der Waals surface area contributed by atoms with E-state index in [1.807, 2.05) is 30.3 Å². The molecule has 27 heavy (non-hydrogen) atoms. The average Bonchev–Trinajstić information content (AvgIpc) is 2.67. The van der Waals surface area contributed by atoms with E-state index >= 15 is 0 Å². The first kappa shape index (κ1) is 21.1. The lowest BCUT2D eigenvalue weighted by Crippen LogP contribution is -2.30. The van der Waals surface area contributed by atoms with Gasteiger partial charge in [0.15, 0.2) is 0 Å². The molecular formula is C20H26N2O4S. The third-order valence-corrected chi connectivity index (χ3v) is 5.88. The van der Waals surface area contributed by atoms with E-state index in [-0.39, 0.29) is 22.4 Å². The van der Waals surface area contributed by atoms with Crippen molar-refractivity contribution in [2.75, 3.05) is 14.2 Å². The van der Waals surface area contributed by atoms with Crippen LogP contribution in [0.25, 0.3) is 0 Å². The second-order valence-electron chi connectivity index (χ2n) is 6.69. The van der Waals surface area contributed by atoms with E-state index in [4.69, 9.17) is 4.84 Å². The van der Waals surface area contributed by atoms with Gasteiger partial charge in [0.2, 0.25) is 0 Å². The van der Waals surface area contributed by atoms with Gasteiger partial charge in [0.25, 0.3) is 15.9 Å². The molecule has 1 atom stereocenters. The number of rotatable bonds is 8. The molecule has 0 saturated heterocycles. The number of benzene rings is 2. The van der Waals surface area contributed by atoms with Crippen molar-refractivity contribution in [3.8, 4) is 0 Å². The fraction of sp³-hybridized carbons (Fsp3) is 0.350. The van der Waals surface area contributed by atoms with E-state index in [1.165, 1.54) is 26.3 Å². The average molecular weight is 391 g/mol. The van der Waals surface area contributed by atoms with Gasteiger partial charge < -0.3 is 5.32 Å². The van der Waals surface area contributed by atoms with Crippen molar-refractivity contribution in [1.82, 2.24) is 9.79 Å². The maximum atomic E-state index is 12.8. The molecule has 1 N–H and O–H groups in total. The Balaban J connectivity index is 2.27. The molecule has 0 fully saturated rings. The summed E-state index contributed by atoms with van der Waals surface area (Å²) in [5.41, 5.74) is 1.30. The monoisotopic (exact) mass is 390 g/mol. The number of hydroxylamine groups is 1. The summed E-state index contributed by atoms with van der Waals surface area (Å²) in [6.45, 7) is 4.19. The number of carbonyl (C=O) groups is 1. The molecule has 146 valence electrons. The third kappa shape index (κ3) is 5.38. The molecule has 0 aliphatic heterocycles. The van der Waals surface area contributed by atoms with Gasteiger partial charge in [0, 0.05) is 12.6 Å². The molecule has 0 aromatic heterocycles. The van der Waals surface area contributed by atoms with Gasteiger partial charge in [-0.15, -0.1) is 0 Å². The van der Waals surface area contributed by atoms with Crippen LogP contribution in [0.5, 0.6) is 0 Å². The number of hydrogen-bond donors (Lipinski definition) is 1. The van der Waals surface area contributed by atoms with Crippen molar-refractivity contribution in [1.29, 1.82) is 0 Å². The molecular weight excluding hydrogens is 364 g/mol. The first-order valence-electron chi connectivity index (χ1n) is 8.74.